The Balaban J connectivity index is 1.50. The van der Waals surface area contributed by atoms with Crippen molar-refractivity contribution in [3.05, 3.63) is 12.3 Å². The number of carboxylic acid groups (broad SMARTS) is 1. The monoisotopic (exact) mass is 291 g/mol. The van der Waals surface area contributed by atoms with Gasteiger partial charge < -0.3 is 10.4 Å². The van der Waals surface area contributed by atoms with Crippen molar-refractivity contribution in [1.82, 2.24) is 9.78 Å². The maximum absolute atomic E-state index is 12.2. The van der Waals surface area contributed by atoms with Gasteiger partial charge in [-0.25, -0.2) is 0 Å². The van der Waals surface area contributed by atoms with Crippen LogP contribution in [-0.4, -0.2) is 26.8 Å². The lowest BCUT2D eigenvalue weighted by Gasteiger charge is -2.21. The first-order valence-electron chi connectivity index (χ1n) is 7.69. The number of amides is 1. The summed E-state index contributed by atoms with van der Waals surface area (Å²) in [5.41, 5.74) is 0. The van der Waals surface area contributed by atoms with Crippen molar-refractivity contribution in [1.29, 1.82) is 0 Å². The Labute approximate surface area is 123 Å². The van der Waals surface area contributed by atoms with Gasteiger partial charge in [0.05, 0.1) is 0 Å². The molecule has 0 aromatic carbocycles. The minimum absolute atomic E-state index is 0.0335. The molecule has 0 bridgehead atoms. The fourth-order valence-corrected chi connectivity index (χ4v) is 3.47. The van der Waals surface area contributed by atoms with E-state index in [4.69, 9.17) is 5.11 Å². The summed E-state index contributed by atoms with van der Waals surface area (Å²) in [5.74, 6) is 0.917. The van der Waals surface area contributed by atoms with E-state index in [1.165, 1.54) is 36.8 Å². The Hall–Kier alpha value is -1.85. The van der Waals surface area contributed by atoms with Crippen LogP contribution in [0, 0.1) is 17.8 Å². The number of carboxylic acids is 1. The molecule has 0 saturated heterocycles. The van der Waals surface area contributed by atoms with Crippen LogP contribution < -0.4 is 5.32 Å². The van der Waals surface area contributed by atoms with Crippen molar-refractivity contribution in [2.24, 2.45) is 17.8 Å². The number of anilines is 1. The summed E-state index contributed by atoms with van der Waals surface area (Å²) >= 11 is 0. The molecule has 1 aromatic rings. The Morgan fingerprint density at radius 2 is 2.10 bits per heavy atom. The van der Waals surface area contributed by atoms with Gasteiger partial charge in [0, 0.05) is 18.2 Å². The summed E-state index contributed by atoms with van der Waals surface area (Å²) in [6.07, 6.45) is 9.02. The summed E-state index contributed by atoms with van der Waals surface area (Å²) in [5, 5.41) is 15.5. The zero-order valence-corrected chi connectivity index (χ0v) is 12.0. The zero-order valence-electron chi connectivity index (χ0n) is 12.0. The molecule has 2 aliphatic rings. The molecule has 0 unspecified atom stereocenters. The maximum atomic E-state index is 12.2. The average molecular weight is 291 g/mol. The van der Waals surface area contributed by atoms with E-state index >= 15 is 0 Å². The minimum Gasteiger partial charge on any atom is -0.480 e. The molecule has 21 heavy (non-hydrogen) atoms. The molecule has 1 heterocycles. The molecule has 0 spiro atoms. The third-order valence-electron chi connectivity index (χ3n) is 4.62. The molecule has 2 fully saturated rings. The van der Waals surface area contributed by atoms with Crippen LogP contribution >= 0.6 is 0 Å². The van der Waals surface area contributed by atoms with Crippen LogP contribution in [0.1, 0.15) is 38.5 Å². The zero-order chi connectivity index (χ0) is 14.8. The molecule has 0 radical (unpaired) electrons. The van der Waals surface area contributed by atoms with Crippen molar-refractivity contribution in [2.45, 2.75) is 45.1 Å². The van der Waals surface area contributed by atoms with Crippen LogP contribution in [0.3, 0.4) is 0 Å². The van der Waals surface area contributed by atoms with E-state index in [-0.39, 0.29) is 18.4 Å². The Bertz CT molecular complexity index is 534. The molecule has 3 rings (SSSR count). The molecule has 2 aliphatic carbocycles. The molecule has 2 saturated carbocycles. The third kappa shape index (κ3) is 3.43. The van der Waals surface area contributed by atoms with E-state index in [1.54, 1.807) is 12.3 Å². The van der Waals surface area contributed by atoms with Crippen molar-refractivity contribution in [3.8, 4) is 0 Å². The second-order valence-corrected chi connectivity index (χ2v) is 6.19. The van der Waals surface area contributed by atoms with Crippen molar-refractivity contribution in [3.63, 3.8) is 0 Å². The van der Waals surface area contributed by atoms with Gasteiger partial charge in [-0.05, 0) is 18.3 Å². The van der Waals surface area contributed by atoms with Crippen molar-refractivity contribution >= 4 is 17.7 Å². The van der Waals surface area contributed by atoms with Crippen LogP contribution in [0.25, 0.3) is 0 Å². The van der Waals surface area contributed by atoms with E-state index in [0.29, 0.717) is 11.7 Å². The molecule has 6 nitrogen and oxygen atoms in total. The highest BCUT2D eigenvalue weighted by atomic mass is 16.4. The normalized spacial score (nSPS) is 25.5. The van der Waals surface area contributed by atoms with Gasteiger partial charge in [0.2, 0.25) is 5.91 Å². The molecular weight excluding hydrogens is 270 g/mol. The van der Waals surface area contributed by atoms with Gasteiger partial charge in [0.15, 0.2) is 5.82 Å². The SMILES string of the molecule is O=C(O)Cn1ccc(NC(=O)[C@@H]2C[C@@H]2C2CCCCC2)n1. The molecule has 1 aromatic heterocycles. The number of nitrogens with one attached hydrogen (secondary N) is 1. The van der Waals surface area contributed by atoms with Crippen LogP contribution in [-0.2, 0) is 16.1 Å². The Kier molecular flexibility index (Phi) is 3.94. The van der Waals surface area contributed by atoms with E-state index in [2.05, 4.69) is 10.4 Å². The molecule has 6 heteroatoms. The first-order chi connectivity index (χ1) is 10.1. The van der Waals surface area contributed by atoms with Gasteiger partial charge >= 0.3 is 5.97 Å². The van der Waals surface area contributed by atoms with E-state index < -0.39 is 5.97 Å². The fraction of sp³-hybridized carbons (Fsp3) is 0.667. The second kappa shape index (κ2) is 5.87. The van der Waals surface area contributed by atoms with Gasteiger partial charge in [-0.2, -0.15) is 5.10 Å². The number of hydrogen-bond donors (Lipinski definition) is 2. The lowest BCUT2D eigenvalue weighted by atomic mass is 9.85. The number of hydrogen-bond acceptors (Lipinski definition) is 3. The van der Waals surface area contributed by atoms with Crippen LogP contribution in [0.2, 0.25) is 0 Å². The molecule has 2 atom stereocenters. The van der Waals surface area contributed by atoms with Crippen LogP contribution in [0.5, 0.6) is 0 Å². The van der Waals surface area contributed by atoms with Gasteiger partial charge in [-0.3, -0.25) is 14.3 Å². The summed E-state index contributed by atoms with van der Waals surface area (Å²) in [6, 6.07) is 1.64. The highest BCUT2D eigenvalue weighted by Gasteiger charge is 2.47. The average Bonchev–Trinajstić information content (AvgIpc) is 3.16. The predicted molar refractivity (Wildman–Crippen MR) is 76.7 cm³/mol. The highest BCUT2D eigenvalue weighted by molar-refractivity contribution is 5.93. The van der Waals surface area contributed by atoms with E-state index in [0.717, 1.165) is 12.3 Å². The summed E-state index contributed by atoms with van der Waals surface area (Å²) in [4.78, 5) is 22.8. The number of carbonyl (C=O) groups is 2. The third-order valence-corrected chi connectivity index (χ3v) is 4.62. The smallest absolute Gasteiger partial charge is 0.325 e. The topological polar surface area (TPSA) is 84.2 Å². The lowest BCUT2D eigenvalue weighted by Crippen LogP contribution is -2.18. The first-order valence-corrected chi connectivity index (χ1v) is 7.69. The predicted octanol–water partition coefficient (Wildman–Crippen LogP) is 2.12. The largest absolute Gasteiger partial charge is 0.480 e. The summed E-state index contributed by atoms with van der Waals surface area (Å²) in [7, 11) is 0. The number of rotatable bonds is 5. The molecule has 0 aliphatic heterocycles. The summed E-state index contributed by atoms with van der Waals surface area (Å²) < 4.78 is 1.31. The molecule has 1 amide bonds. The number of aliphatic carboxylic acids is 1. The Morgan fingerprint density at radius 3 is 2.81 bits per heavy atom. The van der Waals surface area contributed by atoms with Crippen LogP contribution in [0.15, 0.2) is 12.3 Å². The van der Waals surface area contributed by atoms with Gasteiger partial charge in [0.25, 0.3) is 0 Å². The number of nitrogens with zero attached hydrogens (tertiary/aromatic N) is 2. The lowest BCUT2D eigenvalue weighted by molar-refractivity contribution is -0.137. The Morgan fingerprint density at radius 1 is 1.33 bits per heavy atom. The second-order valence-electron chi connectivity index (χ2n) is 6.19. The van der Waals surface area contributed by atoms with Gasteiger partial charge in [-0.15, -0.1) is 0 Å². The molecule has 2 N–H and O–H groups in total. The number of carbonyl (C=O) groups excluding carboxylic acids is 1. The van der Waals surface area contributed by atoms with E-state index in [9.17, 15) is 9.59 Å². The first kappa shape index (κ1) is 14.1. The van der Waals surface area contributed by atoms with Crippen molar-refractivity contribution < 1.29 is 14.7 Å². The summed E-state index contributed by atoms with van der Waals surface area (Å²) in [6.45, 7) is -0.190. The maximum Gasteiger partial charge on any atom is 0.325 e. The highest BCUT2D eigenvalue weighted by Crippen LogP contribution is 2.49. The fourth-order valence-electron chi connectivity index (χ4n) is 3.47. The standard InChI is InChI=1S/C15H21N3O3/c19-14(20)9-18-7-6-13(17-18)16-15(21)12-8-11(12)10-4-2-1-3-5-10/h6-7,10-12H,1-5,8-9H2,(H,19,20)(H,16,17,21)/t11-,12-/m1/s1. The van der Waals surface area contributed by atoms with E-state index in [1.807, 2.05) is 0 Å². The van der Waals surface area contributed by atoms with Crippen molar-refractivity contribution in [2.75, 3.05) is 5.32 Å². The van der Waals surface area contributed by atoms with Gasteiger partial charge in [0.1, 0.15) is 6.54 Å². The quantitative estimate of drug-likeness (QED) is 0.870. The van der Waals surface area contributed by atoms with Crippen LogP contribution in [0.4, 0.5) is 5.82 Å². The minimum atomic E-state index is -0.949. The molecule has 114 valence electrons. The number of aromatic nitrogens is 2. The molecular formula is C15H21N3O3. The van der Waals surface area contributed by atoms with Gasteiger partial charge in [-0.1, -0.05) is 32.1 Å².